The maximum atomic E-state index is 12.3. The van der Waals surface area contributed by atoms with Crippen LogP contribution in [0.25, 0.3) is 0 Å². The van der Waals surface area contributed by atoms with Crippen molar-refractivity contribution in [3.05, 3.63) is 40.5 Å². The topological polar surface area (TPSA) is 59.2 Å². The van der Waals surface area contributed by atoms with Crippen molar-refractivity contribution in [3.63, 3.8) is 0 Å². The highest BCUT2D eigenvalue weighted by molar-refractivity contribution is 6.31. The number of aromatic nitrogens is 2. The molecule has 0 saturated carbocycles. The number of hydrogen-bond donors (Lipinski definition) is 0. The summed E-state index contributed by atoms with van der Waals surface area (Å²) in [6, 6.07) is 5.61. The highest BCUT2D eigenvalue weighted by Crippen LogP contribution is 2.32. The van der Waals surface area contributed by atoms with E-state index in [-0.39, 0.29) is 11.8 Å². The van der Waals surface area contributed by atoms with Gasteiger partial charge in [0, 0.05) is 30.1 Å². The first-order valence-electron chi connectivity index (χ1n) is 7.47. The van der Waals surface area contributed by atoms with Crippen LogP contribution in [0.1, 0.15) is 43.0 Å². The van der Waals surface area contributed by atoms with Crippen LogP contribution in [-0.4, -0.2) is 22.6 Å². The minimum absolute atomic E-state index is 0.0402. The molecule has 0 bridgehead atoms. The van der Waals surface area contributed by atoms with Gasteiger partial charge in [-0.1, -0.05) is 23.7 Å². The Morgan fingerprint density at radius 1 is 1.45 bits per heavy atom. The SMILES string of the molecule is CCCc1noc(C2CC(=O)N(c3ccc(Cl)c(C)c3)C2)n1. The van der Waals surface area contributed by atoms with Crippen LogP contribution >= 0.6 is 11.6 Å². The van der Waals surface area contributed by atoms with Gasteiger partial charge < -0.3 is 9.42 Å². The summed E-state index contributed by atoms with van der Waals surface area (Å²) in [5.74, 6) is 1.30. The molecule has 1 saturated heterocycles. The van der Waals surface area contributed by atoms with Gasteiger partial charge in [0.2, 0.25) is 11.8 Å². The number of benzene rings is 1. The van der Waals surface area contributed by atoms with Crippen molar-refractivity contribution < 1.29 is 9.32 Å². The second kappa shape index (κ2) is 6.08. The number of nitrogens with zero attached hydrogens (tertiary/aromatic N) is 3. The van der Waals surface area contributed by atoms with Crippen LogP contribution in [-0.2, 0) is 11.2 Å². The van der Waals surface area contributed by atoms with Gasteiger partial charge in [0.25, 0.3) is 0 Å². The number of hydrogen-bond acceptors (Lipinski definition) is 4. The second-order valence-electron chi connectivity index (χ2n) is 5.64. The van der Waals surface area contributed by atoms with Crippen LogP contribution in [0.2, 0.25) is 5.02 Å². The zero-order valence-electron chi connectivity index (χ0n) is 12.7. The highest BCUT2D eigenvalue weighted by atomic mass is 35.5. The lowest BCUT2D eigenvalue weighted by Crippen LogP contribution is -2.24. The average molecular weight is 320 g/mol. The van der Waals surface area contributed by atoms with E-state index in [1.807, 2.05) is 25.1 Å². The summed E-state index contributed by atoms with van der Waals surface area (Å²) in [6.45, 7) is 4.56. The molecule has 1 aliphatic heterocycles. The van der Waals surface area contributed by atoms with E-state index in [0.717, 1.165) is 24.1 Å². The molecular weight excluding hydrogens is 302 g/mol. The molecule has 1 aromatic carbocycles. The van der Waals surface area contributed by atoms with Gasteiger partial charge in [0.1, 0.15) is 0 Å². The van der Waals surface area contributed by atoms with E-state index in [9.17, 15) is 4.79 Å². The highest BCUT2D eigenvalue weighted by Gasteiger charge is 2.35. The van der Waals surface area contributed by atoms with Crippen LogP contribution < -0.4 is 4.90 Å². The Kier molecular flexibility index (Phi) is 4.16. The molecule has 2 aromatic rings. The number of aryl methyl sites for hydroxylation is 2. The first-order chi connectivity index (χ1) is 10.6. The molecule has 1 unspecified atom stereocenters. The predicted molar refractivity (Wildman–Crippen MR) is 84.2 cm³/mol. The predicted octanol–water partition coefficient (Wildman–Crippen LogP) is 3.50. The Hall–Kier alpha value is -1.88. The summed E-state index contributed by atoms with van der Waals surface area (Å²) in [4.78, 5) is 18.5. The fourth-order valence-electron chi connectivity index (χ4n) is 2.68. The first kappa shape index (κ1) is 15.0. The van der Waals surface area contributed by atoms with Crippen molar-refractivity contribution in [3.8, 4) is 0 Å². The molecule has 22 heavy (non-hydrogen) atoms. The third kappa shape index (κ3) is 2.86. The smallest absolute Gasteiger partial charge is 0.232 e. The van der Waals surface area contributed by atoms with Gasteiger partial charge >= 0.3 is 0 Å². The first-order valence-corrected chi connectivity index (χ1v) is 7.85. The number of anilines is 1. The van der Waals surface area contributed by atoms with Gasteiger partial charge in [-0.2, -0.15) is 4.98 Å². The van der Waals surface area contributed by atoms with Crippen LogP contribution in [0.3, 0.4) is 0 Å². The van der Waals surface area contributed by atoms with Crippen LogP contribution in [0.5, 0.6) is 0 Å². The average Bonchev–Trinajstić information content (AvgIpc) is 3.09. The molecule has 0 N–H and O–H groups in total. The Morgan fingerprint density at radius 2 is 2.27 bits per heavy atom. The van der Waals surface area contributed by atoms with E-state index in [1.54, 1.807) is 4.90 Å². The molecule has 116 valence electrons. The van der Waals surface area contributed by atoms with Crippen molar-refractivity contribution in [2.45, 2.75) is 39.0 Å². The summed E-state index contributed by atoms with van der Waals surface area (Å²) in [5.41, 5.74) is 1.82. The lowest BCUT2D eigenvalue weighted by atomic mass is 10.1. The van der Waals surface area contributed by atoms with Gasteiger partial charge in [0.05, 0.1) is 5.92 Å². The third-order valence-corrected chi connectivity index (χ3v) is 4.31. The quantitative estimate of drug-likeness (QED) is 0.865. The summed E-state index contributed by atoms with van der Waals surface area (Å²) < 4.78 is 5.32. The number of carbonyl (C=O) groups is 1. The molecule has 1 atom stereocenters. The normalized spacial score (nSPS) is 18.2. The number of halogens is 1. The van der Waals surface area contributed by atoms with Crippen molar-refractivity contribution in [1.29, 1.82) is 0 Å². The monoisotopic (exact) mass is 319 g/mol. The molecule has 5 nitrogen and oxygen atoms in total. The molecule has 2 heterocycles. The van der Waals surface area contributed by atoms with E-state index in [4.69, 9.17) is 16.1 Å². The molecule has 1 aliphatic rings. The maximum Gasteiger partial charge on any atom is 0.232 e. The molecule has 3 rings (SSSR count). The Bertz CT molecular complexity index is 698. The molecule has 0 radical (unpaired) electrons. The zero-order chi connectivity index (χ0) is 15.7. The van der Waals surface area contributed by atoms with Gasteiger partial charge in [-0.3, -0.25) is 4.79 Å². The number of carbonyl (C=O) groups excluding carboxylic acids is 1. The van der Waals surface area contributed by atoms with Crippen molar-refractivity contribution in [2.75, 3.05) is 11.4 Å². The fourth-order valence-corrected chi connectivity index (χ4v) is 2.80. The van der Waals surface area contributed by atoms with E-state index in [2.05, 4.69) is 17.1 Å². The molecule has 0 aliphatic carbocycles. The summed E-state index contributed by atoms with van der Waals surface area (Å²) in [7, 11) is 0. The minimum Gasteiger partial charge on any atom is -0.339 e. The second-order valence-corrected chi connectivity index (χ2v) is 6.04. The summed E-state index contributed by atoms with van der Waals surface area (Å²) >= 11 is 6.04. The lowest BCUT2D eigenvalue weighted by molar-refractivity contribution is -0.117. The van der Waals surface area contributed by atoms with Crippen LogP contribution in [0, 0.1) is 6.92 Å². The van der Waals surface area contributed by atoms with E-state index in [0.29, 0.717) is 29.7 Å². The summed E-state index contributed by atoms with van der Waals surface area (Å²) in [5, 5.41) is 4.67. The molecule has 1 aromatic heterocycles. The zero-order valence-corrected chi connectivity index (χ0v) is 13.4. The minimum atomic E-state index is -0.0402. The van der Waals surface area contributed by atoms with Crippen LogP contribution in [0.15, 0.2) is 22.7 Å². The fraction of sp³-hybridized carbons (Fsp3) is 0.438. The Labute approximate surface area is 134 Å². The molecule has 1 fully saturated rings. The third-order valence-electron chi connectivity index (χ3n) is 3.88. The van der Waals surface area contributed by atoms with Gasteiger partial charge in [-0.05, 0) is 37.1 Å². The van der Waals surface area contributed by atoms with E-state index < -0.39 is 0 Å². The lowest BCUT2D eigenvalue weighted by Gasteiger charge is -2.17. The molecule has 1 amide bonds. The van der Waals surface area contributed by atoms with Crippen LogP contribution in [0.4, 0.5) is 5.69 Å². The maximum absolute atomic E-state index is 12.3. The van der Waals surface area contributed by atoms with E-state index in [1.165, 1.54) is 0 Å². The molecule has 6 heteroatoms. The van der Waals surface area contributed by atoms with Gasteiger partial charge in [-0.15, -0.1) is 0 Å². The van der Waals surface area contributed by atoms with Gasteiger partial charge in [-0.25, -0.2) is 0 Å². The number of rotatable bonds is 4. The van der Waals surface area contributed by atoms with Crippen molar-refractivity contribution >= 4 is 23.2 Å². The van der Waals surface area contributed by atoms with Crippen molar-refractivity contribution in [2.24, 2.45) is 0 Å². The Morgan fingerprint density at radius 3 is 3.00 bits per heavy atom. The standard InChI is InChI=1S/C16H18ClN3O2/c1-3-4-14-18-16(22-19-14)11-8-15(21)20(9-11)12-5-6-13(17)10(2)7-12/h5-7,11H,3-4,8-9H2,1-2H3. The number of amides is 1. The Balaban J connectivity index is 1.78. The largest absolute Gasteiger partial charge is 0.339 e. The summed E-state index contributed by atoms with van der Waals surface area (Å²) in [6.07, 6.45) is 2.17. The van der Waals surface area contributed by atoms with E-state index >= 15 is 0 Å². The van der Waals surface area contributed by atoms with Gasteiger partial charge in [0.15, 0.2) is 5.82 Å². The van der Waals surface area contributed by atoms with Crippen molar-refractivity contribution in [1.82, 2.24) is 10.1 Å². The molecule has 0 spiro atoms. The molecular formula is C16H18ClN3O2.